The minimum Gasteiger partial charge on any atom is -0.338 e. The van der Waals surface area contributed by atoms with E-state index in [0.29, 0.717) is 25.9 Å². The van der Waals surface area contributed by atoms with Crippen LogP contribution >= 0.6 is 12.4 Å². The predicted molar refractivity (Wildman–Crippen MR) is 86.9 cm³/mol. The Balaban J connectivity index is 0.00000400. The topological polar surface area (TPSA) is 92.5 Å². The number of likely N-dealkylation sites (tertiary alicyclic amines) is 1. The van der Waals surface area contributed by atoms with Crippen molar-refractivity contribution in [2.45, 2.75) is 45.6 Å². The Morgan fingerprint density at radius 3 is 2.38 bits per heavy atom. The number of sulfonamides is 1. The third kappa shape index (κ3) is 4.55. The highest BCUT2D eigenvalue weighted by atomic mass is 35.5. The van der Waals surface area contributed by atoms with Gasteiger partial charge in [0.25, 0.3) is 0 Å². The van der Waals surface area contributed by atoms with E-state index in [-0.39, 0.29) is 30.1 Å². The van der Waals surface area contributed by atoms with Crippen LogP contribution in [0.15, 0.2) is 0 Å². The number of hydrogen-bond donors (Lipinski definition) is 2. The molecule has 3 N–H and O–H groups in total. The molecule has 8 heteroatoms. The molecule has 0 bridgehead atoms. The van der Waals surface area contributed by atoms with Gasteiger partial charge in [0.2, 0.25) is 15.9 Å². The van der Waals surface area contributed by atoms with Crippen LogP contribution in [0.2, 0.25) is 0 Å². The van der Waals surface area contributed by atoms with Crippen LogP contribution in [0, 0.1) is 5.41 Å². The Morgan fingerprint density at radius 1 is 1.38 bits per heavy atom. The van der Waals surface area contributed by atoms with E-state index in [4.69, 9.17) is 5.73 Å². The third-order valence-electron chi connectivity index (χ3n) is 4.56. The fourth-order valence-corrected chi connectivity index (χ4v) is 3.87. The third-order valence-corrected chi connectivity index (χ3v) is 6.00. The second-order valence-corrected chi connectivity index (χ2v) is 7.44. The molecule has 1 aliphatic heterocycles. The molecule has 21 heavy (non-hydrogen) atoms. The molecule has 1 saturated heterocycles. The summed E-state index contributed by atoms with van der Waals surface area (Å²) in [7, 11) is -1.91. The summed E-state index contributed by atoms with van der Waals surface area (Å²) in [5.41, 5.74) is 5.27. The van der Waals surface area contributed by atoms with Crippen molar-refractivity contribution in [3.05, 3.63) is 0 Å². The Kier molecular flexibility index (Phi) is 8.17. The van der Waals surface area contributed by atoms with E-state index in [0.717, 1.165) is 12.8 Å². The molecule has 0 aliphatic carbocycles. The Labute approximate surface area is 134 Å². The standard InChI is InChI=1S/C13H27N3O3S.ClH/c1-4-13(5-2,10-14)12(17)16-8-6-7-11(16)9-20(18,19)15-3;/h11,15H,4-10,14H2,1-3H3;1H. The average Bonchev–Trinajstić information content (AvgIpc) is 2.88. The maximum Gasteiger partial charge on any atom is 0.230 e. The second kappa shape index (κ2) is 8.31. The van der Waals surface area contributed by atoms with Gasteiger partial charge in [0.1, 0.15) is 0 Å². The lowest BCUT2D eigenvalue weighted by atomic mass is 9.81. The van der Waals surface area contributed by atoms with Crippen molar-refractivity contribution >= 4 is 28.3 Å². The number of rotatable bonds is 7. The van der Waals surface area contributed by atoms with Crippen molar-refractivity contribution in [2.75, 3.05) is 25.9 Å². The summed E-state index contributed by atoms with van der Waals surface area (Å²) in [6.45, 7) is 4.86. The maximum atomic E-state index is 12.8. The van der Waals surface area contributed by atoms with Crippen LogP contribution in [0.5, 0.6) is 0 Å². The molecule has 0 aromatic carbocycles. The second-order valence-electron chi connectivity index (χ2n) is 5.47. The highest BCUT2D eigenvalue weighted by Crippen LogP contribution is 2.31. The maximum absolute atomic E-state index is 12.8. The van der Waals surface area contributed by atoms with E-state index in [1.807, 2.05) is 13.8 Å². The molecular formula is C13H28ClN3O3S. The van der Waals surface area contributed by atoms with Crippen LogP contribution in [0.3, 0.4) is 0 Å². The first-order valence-corrected chi connectivity index (χ1v) is 8.93. The number of hydrogen-bond acceptors (Lipinski definition) is 4. The molecule has 1 aliphatic rings. The van der Waals surface area contributed by atoms with Gasteiger partial charge >= 0.3 is 0 Å². The van der Waals surface area contributed by atoms with Crippen molar-refractivity contribution in [3.8, 4) is 0 Å². The Hall–Kier alpha value is -0.370. The summed E-state index contributed by atoms with van der Waals surface area (Å²) in [4.78, 5) is 14.5. The van der Waals surface area contributed by atoms with Gasteiger partial charge in [-0.2, -0.15) is 0 Å². The smallest absolute Gasteiger partial charge is 0.230 e. The zero-order valence-electron chi connectivity index (χ0n) is 13.1. The molecule has 0 saturated carbocycles. The molecule has 1 unspecified atom stereocenters. The minimum atomic E-state index is -3.31. The van der Waals surface area contributed by atoms with E-state index in [1.54, 1.807) is 4.90 Å². The van der Waals surface area contributed by atoms with Crippen LogP contribution in [0.25, 0.3) is 0 Å². The highest BCUT2D eigenvalue weighted by Gasteiger charge is 2.41. The summed E-state index contributed by atoms with van der Waals surface area (Å²) < 4.78 is 25.7. The minimum absolute atomic E-state index is 0. The van der Waals surface area contributed by atoms with Crippen molar-refractivity contribution in [3.63, 3.8) is 0 Å². The zero-order valence-corrected chi connectivity index (χ0v) is 14.7. The van der Waals surface area contributed by atoms with Crippen molar-refractivity contribution in [1.29, 1.82) is 0 Å². The zero-order chi connectivity index (χ0) is 15.4. The number of nitrogens with zero attached hydrogens (tertiary/aromatic N) is 1. The van der Waals surface area contributed by atoms with Gasteiger partial charge in [-0.3, -0.25) is 4.79 Å². The van der Waals surface area contributed by atoms with E-state index in [2.05, 4.69) is 4.72 Å². The molecule has 1 amide bonds. The van der Waals surface area contributed by atoms with Gasteiger partial charge < -0.3 is 10.6 Å². The van der Waals surface area contributed by atoms with Crippen molar-refractivity contribution < 1.29 is 13.2 Å². The Morgan fingerprint density at radius 2 is 1.95 bits per heavy atom. The van der Waals surface area contributed by atoms with Crippen LogP contribution in [0.4, 0.5) is 0 Å². The molecule has 1 atom stereocenters. The van der Waals surface area contributed by atoms with Gasteiger partial charge in [0.15, 0.2) is 0 Å². The molecule has 0 aromatic rings. The first kappa shape index (κ1) is 20.6. The fraction of sp³-hybridized carbons (Fsp3) is 0.923. The van der Waals surface area contributed by atoms with Gasteiger partial charge in [-0.15, -0.1) is 12.4 Å². The van der Waals surface area contributed by atoms with Gasteiger partial charge in [-0.1, -0.05) is 13.8 Å². The number of nitrogens with two attached hydrogens (primary N) is 1. The molecule has 1 rings (SSSR count). The van der Waals surface area contributed by atoms with E-state index >= 15 is 0 Å². The van der Waals surface area contributed by atoms with E-state index in [9.17, 15) is 13.2 Å². The largest absolute Gasteiger partial charge is 0.338 e. The number of halogens is 1. The molecule has 1 heterocycles. The molecule has 1 fully saturated rings. The summed E-state index contributed by atoms with van der Waals surface area (Å²) in [5, 5.41) is 0. The fourth-order valence-electron chi connectivity index (χ4n) is 2.85. The van der Waals surface area contributed by atoms with E-state index < -0.39 is 15.4 Å². The number of carbonyl (C=O) groups is 1. The lowest BCUT2D eigenvalue weighted by molar-refractivity contribution is -0.142. The highest BCUT2D eigenvalue weighted by molar-refractivity contribution is 7.89. The predicted octanol–water partition coefficient (Wildman–Crippen LogP) is 0.714. The summed E-state index contributed by atoms with van der Waals surface area (Å²) in [5.74, 6) is -0.0117. The first-order valence-electron chi connectivity index (χ1n) is 7.28. The summed E-state index contributed by atoms with van der Waals surface area (Å²) in [6, 6.07) is -0.232. The monoisotopic (exact) mass is 341 g/mol. The van der Waals surface area contributed by atoms with Gasteiger partial charge in [0.05, 0.1) is 11.2 Å². The van der Waals surface area contributed by atoms with Crippen molar-refractivity contribution in [1.82, 2.24) is 9.62 Å². The van der Waals surface area contributed by atoms with Gasteiger partial charge in [-0.25, -0.2) is 13.1 Å². The summed E-state index contributed by atoms with van der Waals surface area (Å²) in [6.07, 6.45) is 2.95. The Bertz CT molecular complexity index is 430. The quantitative estimate of drug-likeness (QED) is 0.713. The molecule has 6 nitrogen and oxygen atoms in total. The average molecular weight is 342 g/mol. The number of carbonyl (C=O) groups excluding carboxylic acids is 1. The van der Waals surface area contributed by atoms with Crippen LogP contribution in [0.1, 0.15) is 39.5 Å². The first-order chi connectivity index (χ1) is 9.35. The lowest BCUT2D eigenvalue weighted by Crippen LogP contribution is -2.51. The molecule has 0 spiro atoms. The van der Waals surface area contributed by atoms with Crippen LogP contribution in [-0.4, -0.2) is 51.2 Å². The molecule has 0 radical (unpaired) electrons. The number of nitrogens with one attached hydrogen (secondary N) is 1. The van der Waals surface area contributed by atoms with Crippen LogP contribution < -0.4 is 10.5 Å². The normalized spacial score (nSPS) is 19.4. The molecule has 126 valence electrons. The van der Waals surface area contributed by atoms with Gasteiger partial charge in [0, 0.05) is 19.1 Å². The van der Waals surface area contributed by atoms with Crippen LogP contribution in [-0.2, 0) is 14.8 Å². The number of amides is 1. The molecule has 0 aromatic heterocycles. The molecular weight excluding hydrogens is 314 g/mol. The summed E-state index contributed by atoms with van der Waals surface area (Å²) >= 11 is 0. The van der Waals surface area contributed by atoms with Crippen molar-refractivity contribution in [2.24, 2.45) is 11.1 Å². The lowest BCUT2D eigenvalue weighted by Gasteiger charge is -2.36. The SMILES string of the molecule is CCC(CC)(CN)C(=O)N1CCCC1CS(=O)(=O)NC.Cl. The van der Waals surface area contributed by atoms with E-state index in [1.165, 1.54) is 7.05 Å². The van der Waals surface area contributed by atoms with Gasteiger partial charge in [-0.05, 0) is 32.7 Å².